The summed E-state index contributed by atoms with van der Waals surface area (Å²) in [5, 5.41) is 16.3. The Morgan fingerprint density at radius 1 is 1.33 bits per heavy atom. The lowest BCUT2D eigenvalue weighted by atomic mass is 10.1. The van der Waals surface area contributed by atoms with Crippen LogP contribution in [0, 0.1) is 10.1 Å². The standard InChI is InChI=1S/C18H16N4O3S2/c23-17(15-5-2-8-26-15)20-18-19-14-6-7-21(11-16(14)27-18)10-12-3-1-4-13(9-12)22(24)25/h1-5,8-9H,6-7,10-11H2,(H,19,20,23). The number of aromatic nitrogens is 1. The van der Waals surface area contributed by atoms with Crippen molar-refractivity contribution in [2.75, 3.05) is 11.9 Å². The van der Waals surface area contributed by atoms with Crippen LogP contribution in [0.5, 0.6) is 0 Å². The van der Waals surface area contributed by atoms with Gasteiger partial charge in [-0.05, 0) is 17.0 Å². The van der Waals surface area contributed by atoms with Crippen molar-refractivity contribution in [1.82, 2.24) is 9.88 Å². The number of thiazole rings is 1. The molecule has 3 heterocycles. The number of carbonyl (C=O) groups excluding carboxylic acids is 1. The monoisotopic (exact) mass is 400 g/mol. The Morgan fingerprint density at radius 3 is 3.00 bits per heavy atom. The molecular weight excluding hydrogens is 384 g/mol. The van der Waals surface area contributed by atoms with Crippen LogP contribution in [0.15, 0.2) is 41.8 Å². The average Bonchev–Trinajstić information content (AvgIpc) is 3.31. The van der Waals surface area contributed by atoms with Gasteiger partial charge >= 0.3 is 0 Å². The normalized spacial score (nSPS) is 13.9. The molecule has 1 aliphatic rings. The number of nitro groups is 1. The molecule has 9 heteroatoms. The van der Waals surface area contributed by atoms with Crippen LogP contribution >= 0.6 is 22.7 Å². The number of amides is 1. The van der Waals surface area contributed by atoms with Gasteiger partial charge in [-0.15, -0.1) is 22.7 Å². The van der Waals surface area contributed by atoms with E-state index in [0.29, 0.717) is 16.6 Å². The second-order valence-corrected chi connectivity index (χ2v) is 8.24. The molecule has 0 spiro atoms. The number of fused-ring (bicyclic) bond motifs is 1. The number of anilines is 1. The first-order chi connectivity index (χ1) is 13.1. The smallest absolute Gasteiger partial charge is 0.269 e. The molecule has 1 aliphatic heterocycles. The maximum Gasteiger partial charge on any atom is 0.269 e. The highest BCUT2D eigenvalue weighted by Gasteiger charge is 2.22. The number of rotatable bonds is 5. The molecule has 0 unspecified atom stereocenters. The topological polar surface area (TPSA) is 88.4 Å². The van der Waals surface area contributed by atoms with Gasteiger partial charge in [0.1, 0.15) is 0 Å². The molecule has 4 rings (SSSR count). The van der Waals surface area contributed by atoms with E-state index < -0.39 is 0 Å². The summed E-state index contributed by atoms with van der Waals surface area (Å²) in [6.45, 7) is 2.21. The zero-order chi connectivity index (χ0) is 18.8. The molecule has 3 aromatic rings. The Labute approximate surface area is 163 Å². The van der Waals surface area contributed by atoms with E-state index in [-0.39, 0.29) is 16.5 Å². The van der Waals surface area contributed by atoms with E-state index in [2.05, 4.69) is 15.2 Å². The summed E-state index contributed by atoms with van der Waals surface area (Å²) in [5.74, 6) is -0.135. The molecule has 0 radical (unpaired) electrons. The number of benzene rings is 1. The minimum Gasteiger partial charge on any atom is -0.297 e. The predicted molar refractivity (Wildman–Crippen MR) is 105 cm³/mol. The van der Waals surface area contributed by atoms with Gasteiger partial charge in [0.2, 0.25) is 0 Å². The SMILES string of the molecule is O=C(Nc1nc2c(s1)CN(Cc1cccc([N+](=O)[O-])c1)CC2)c1cccs1. The van der Waals surface area contributed by atoms with Crippen molar-refractivity contribution < 1.29 is 9.72 Å². The van der Waals surface area contributed by atoms with Crippen molar-refractivity contribution in [1.29, 1.82) is 0 Å². The number of nitrogens with zero attached hydrogens (tertiary/aromatic N) is 3. The summed E-state index contributed by atoms with van der Waals surface area (Å²) in [7, 11) is 0. The highest BCUT2D eigenvalue weighted by molar-refractivity contribution is 7.16. The molecule has 0 fully saturated rings. The van der Waals surface area contributed by atoms with Crippen LogP contribution < -0.4 is 5.32 Å². The third kappa shape index (κ3) is 4.05. The number of non-ortho nitro benzene ring substituents is 1. The fraction of sp³-hybridized carbons (Fsp3) is 0.222. The maximum absolute atomic E-state index is 12.2. The van der Waals surface area contributed by atoms with E-state index in [1.54, 1.807) is 18.2 Å². The Morgan fingerprint density at radius 2 is 2.22 bits per heavy atom. The van der Waals surface area contributed by atoms with Crippen LogP contribution in [0.25, 0.3) is 0 Å². The average molecular weight is 400 g/mol. The molecule has 0 bridgehead atoms. The highest BCUT2D eigenvalue weighted by atomic mass is 32.1. The predicted octanol–water partition coefficient (Wildman–Crippen LogP) is 3.92. The van der Waals surface area contributed by atoms with Crippen molar-refractivity contribution in [3.8, 4) is 0 Å². The Kier molecular flexibility index (Phi) is 4.97. The molecule has 7 nitrogen and oxygen atoms in total. The van der Waals surface area contributed by atoms with Gasteiger partial charge in [-0.25, -0.2) is 4.98 Å². The van der Waals surface area contributed by atoms with Crippen LogP contribution in [-0.4, -0.2) is 27.3 Å². The number of thiophene rings is 1. The van der Waals surface area contributed by atoms with Crippen LogP contribution in [-0.2, 0) is 19.5 Å². The van der Waals surface area contributed by atoms with Crippen LogP contribution in [0.4, 0.5) is 10.8 Å². The first-order valence-electron chi connectivity index (χ1n) is 8.37. The van der Waals surface area contributed by atoms with Gasteiger partial charge in [-0.1, -0.05) is 18.2 Å². The summed E-state index contributed by atoms with van der Waals surface area (Å²) in [6, 6.07) is 10.4. The number of carbonyl (C=O) groups is 1. The van der Waals surface area contributed by atoms with Crippen molar-refractivity contribution in [2.45, 2.75) is 19.5 Å². The van der Waals surface area contributed by atoms with Gasteiger partial charge in [-0.2, -0.15) is 0 Å². The van der Waals surface area contributed by atoms with Gasteiger partial charge in [0, 0.05) is 43.1 Å². The summed E-state index contributed by atoms with van der Waals surface area (Å²) in [4.78, 5) is 31.3. The zero-order valence-electron chi connectivity index (χ0n) is 14.3. The summed E-state index contributed by atoms with van der Waals surface area (Å²) in [6.07, 6.45) is 0.801. The minimum absolute atomic E-state index is 0.113. The van der Waals surface area contributed by atoms with Gasteiger partial charge in [0.25, 0.3) is 11.6 Å². The second kappa shape index (κ2) is 7.55. The lowest BCUT2D eigenvalue weighted by Crippen LogP contribution is -2.29. The third-order valence-electron chi connectivity index (χ3n) is 4.30. The first kappa shape index (κ1) is 17.8. The fourth-order valence-electron chi connectivity index (χ4n) is 3.03. The number of nitrogens with one attached hydrogen (secondary N) is 1. The van der Waals surface area contributed by atoms with Crippen LogP contribution in [0.3, 0.4) is 0 Å². The molecule has 0 saturated heterocycles. The van der Waals surface area contributed by atoms with Gasteiger partial charge in [0.15, 0.2) is 5.13 Å². The Balaban J connectivity index is 1.43. The highest BCUT2D eigenvalue weighted by Crippen LogP contribution is 2.29. The molecule has 1 amide bonds. The van der Waals surface area contributed by atoms with Gasteiger partial charge < -0.3 is 0 Å². The lowest BCUT2D eigenvalue weighted by molar-refractivity contribution is -0.384. The van der Waals surface area contributed by atoms with Crippen molar-refractivity contribution in [2.24, 2.45) is 0 Å². The van der Waals surface area contributed by atoms with Gasteiger partial charge in [0.05, 0.1) is 15.5 Å². The number of nitro benzene ring substituents is 1. The minimum atomic E-state index is -0.371. The van der Waals surface area contributed by atoms with E-state index in [9.17, 15) is 14.9 Å². The number of hydrogen-bond acceptors (Lipinski definition) is 7. The summed E-state index contributed by atoms with van der Waals surface area (Å²) in [5.41, 5.74) is 2.06. The molecule has 0 aliphatic carbocycles. The largest absolute Gasteiger partial charge is 0.297 e. The third-order valence-corrected chi connectivity index (χ3v) is 6.17. The van der Waals surface area contributed by atoms with E-state index in [1.165, 1.54) is 28.7 Å². The molecule has 2 aromatic heterocycles. The van der Waals surface area contributed by atoms with Gasteiger partial charge in [-0.3, -0.25) is 25.1 Å². The summed E-state index contributed by atoms with van der Waals surface area (Å²) >= 11 is 2.89. The summed E-state index contributed by atoms with van der Waals surface area (Å²) < 4.78 is 0. The second-order valence-electron chi connectivity index (χ2n) is 6.21. The lowest BCUT2D eigenvalue weighted by Gasteiger charge is -2.25. The van der Waals surface area contributed by atoms with Crippen molar-refractivity contribution in [3.05, 3.63) is 72.9 Å². The van der Waals surface area contributed by atoms with Crippen molar-refractivity contribution >= 4 is 39.4 Å². The first-order valence-corrected chi connectivity index (χ1v) is 10.1. The Hall–Kier alpha value is -2.62. The van der Waals surface area contributed by atoms with E-state index in [4.69, 9.17) is 0 Å². The molecule has 0 atom stereocenters. The quantitative estimate of drug-likeness (QED) is 0.518. The van der Waals surface area contributed by atoms with E-state index in [0.717, 1.165) is 35.6 Å². The Bertz CT molecular complexity index is 984. The zero-order valence-corrected chi connectivity index (χ0v) is 15.9. The molecule has 0 saturated carbocycles. The van der Waals surface area contributed by atoms with E-state index >= 15 is 0 Å². The van der Waals surface area contributed by atoms with E-state index in [1.807, 2.05) is 17.5 Å². The van der Waals surface area contributed by atoms with Crippen LogP contribution in [0.2, 0.25) is 0 Å². The molecule has 1 aromatic carbocycles. The fourth-order valence-corrected chi connectivity index (χ4v) is 4.69. The number of hydrogen-bond donors (Lipinski definition) is 1. The van der Waals surface area contributed by atoms with Crippen LogP contribution in [0.1, 0.15) is 25.8 Å². The molecular formula is C18H16N4O3S2. The maximum atomic E-state index is 12.2. The molecule has 138 valence electrons. The molecule has 27 heavy (non-hydrogen) atoms. The molecule has 1 N–H and O–H groups in total. The van der Waals surface area contributed by atoms with Crippen molar-refractivity contribution in [3.63, 3.8) is 0 Å².